The largest absolute Gasteiger partial charge is 0.459 e. The van der Waals surface area contributed by atoms with Crippen molar-refractivity contribution in [3.8, 4) is 0 Å². The molecule has 4 nitrogen and oxygen atoms in total. The minimum absolute atomic E-state index is 0.0287. The first-order valence-electron chi connectivity index (χ1n) is 5.91. The lowest BCUT2D eigenvalue weighted by Gasteiger charge is -2.22. The molecule has 0 aliphatic rings. The normalized spacial score (nSPS) is 11.6. The van der Waals surface area contributed by atoms with Crippen LogP contribution >= 0.6 is 0 Å². The number of hydrogen-bond acceptors (Lipinski definition) is 3. The molecule has 0 spiro atoms. The first-order chi connectivity index (χ1) is 8.94. The van der Waals surface area contributed by atoms with E-state index >= 15 is 0 Å². The van der Waals surface area contributed by atoms with Gasteiger partial charge in [-0.1, -0.05) is 0 Å². The highest BCUT2D eigenvalue weighted by Crippen LogP contribution is 2.18. The van der Waals surface area contributed by atoms with E-state index in [4.69, 9.17) is 9.15 Å². The van der Waals surface area contributed by atoms with Crippen molar-refractivity contribution in [3.05, 3.63) is 24.2 Å². The Hall–Kier alpha value is -1.50. The van der Waals surface area contributed by atoms with Crippen molar-refractivity contribution < 1.29 is 27.1 Å². The Morgan fingerprint density at radius 2 is 2.21 bits per heavy atom. The maximum Gasteiger partial charge on any atom is 0.406 e. The van der Waals surface area contributed by atoms with Gasteiger partial charge in [0.15, 0.2) is 5.76 Å². The molecule has 0 saturated carbocycles. The molecule has 1 aromatic rings. The van der Waals surface area contributed by atoms with Crippen LogP contribution in [0.25, 0.3) is 0 Å². The van der Waals surface area contributed by atoms with E-state index in [1.165, 1.54) is 18.4 Å². The molecule has 0 aliphatic carbocycles. The van der Waals surface area contributed by atoms with Crippen molar-refractivity contribution in [3.63, 3.8) is 0 Å². The van der Waals surface area contributed by atoms with Gasteiger partial charge in [-0.05, 0) is 25.5 Å². The van der Waals surface area contributed by atoms with E-state index in [0.717, 1.165) is 4.90 Å². The van der Waals surface area contributed by atoms with Crippen LogP contribution in [-0.4, -0.2) is 43.3 Å². The number of carbonyl (C=O) groups excluding carboxylic acids is 1. The molecule has 0 aromatic carbocycles. The van der Waals surface area contributed by atoms with Crippen molar-refractivity contribution >= 4 is 5.91 Å². The van der Waals surface area contributed by atoms with Gasteiger partial charge in [0.25, 0.3) is 5.91 Å². The van der Waals surface area contributed by atoms with Gasteiger partial charge in [-0.15, -0.1) is 0 Å². The molecule has 1 aromatic heterocycles. The van der Waals surface area contributed by atoms with E-state index in [2.05, 4.69) is 0 Å². The van der Waals surface area contributed by atoms with Crippen LogP contribution in [0.1, 0.15) is 23.9 Å². The average Bonchev–Trinajstić information content (AvgIpc) is 2.84. The highest BCUT2D eigenvalue weighted by Gasteiger charge is 2.33. The summed E-state index contributed by atoms with van der Waals surface area (Å²) in [4.78, 5) is 12.6. The van der Waals surface area contributed by atoms with Gasteiger partial charge in [-0.3, -0.25) is 4.79 Å². The molecule has 7 heteroatoms. The summed E-state index contributed by atoms with van der Waals surface area (Å²) in [6, 6.07) is 2.80. The van der Waals surface area contributed by atoms with Crippen molar-refractivity contribution in [1.82, 2.24) is 4.90 Å². The third kappa shape index (κ3) is 5.78. The first kappa shape index (κ1) is 15.6. The van der Waals surface area contributed by atoms with E-state index in [9.17, 15) is 18.0 Å². The third-order valence-corrected chi connectivity index (χ3v) is 2.31. The number of ether oxygens (including phenoxy) is 1. The second kappa shape index (κ2) is 7.18. The molecular formula is C12H16F3NO3. The Bertz CT molecular complexity index is 376. The van der Waals surface area contributed by atoms with Gasteiger partial charge in [0.05, 0.1) is 6.26 Å². The summed E-state index contributed by atoms with van der Waals surface area (Å²) in [6.45, 7) is 1.28. The molecule has 0 atom stereocenters. The molecule has 0 N–H and O–H groups in total. The zero-order chi connectivity index (χ0) is 14.3. The van der Waals surface area contributed by atoms with Gasteiger partial charge in [0.1, 0.15) is 6.54 Å². The van der Waals surface area contributed by atoms with Crippen LogP contribution in [-0.2, 0) is 4.74 Å². The zero-order valence-corrected chi connectivity index (χ0v) is 10.6. The Labute approximate surface area is 109 Å². The molecule has 19 heavy (non-hydrogen) atoms. The molecule has 108 valence electrons. The number of halogens is 3. The number of hydrogen-bond donors (Lipinski definition) is 0. The number of amides is 1. The highest BCUT2D eigenvalue weighted by molar-refractivity contribution is 5.91. The lowest BCUT2D eigenvalue weighted by atomic mass is 10.3. The summed E-state index contributed by atoms with van der Waals surface area (Å²) < 4.78 is 47.2. The fourth-order valence-corrected chi connectivity index (χ4v) is 1.53. The van der Waals surface area contributed by atoms with Gasteiger partial charge < -0.3 is 14.1 Å². The topological polar surface area (TPSA) is 42.7 Å². The lowest BCUT2D eigenvalue weighted by molar-refractivity contribution is -0.141. The van der Waals surface area contributed by atoms with Crippen LogP contribution in [0.15, 0.2) is 22.8 Å². The molecule has 0 fully saturated rings. The summed E-state index contributed by atoms with van der Waals surface area (Å²) in [7, 11) is 0. The smallest absolute Gasteiger partial charge is 0.406 e. The van der Waals surface area contributed by atoms with Crippen LogP contribution in [0.4, 0.5) is 13.2 Å². The van der Waals surface area contributed by atoms with E-state index in [0.29, 0.717) is 19.6 Å². The standard InChI is InChI=1S/C12H16F3NO3/c1-2-18-7-4-6-16(9-12(13,14)15)11(17)10-5-3-8-19-10/h3,5,8H,2,4,6-7,9H2,1H3. The van der Waals surface area contributed by atoms with Crippen LogP contribution < -0.4 is 0 Å². The summed E-state index contributed by atoms with van der Waals surface area (Å²) in [5.41, 5.74) is 0. The van der Waals surface area contributed by atoms with Gasteiger partial charge >= 0.3 is 6.18 Å². The van der Waals surface area contributed by atoms with Crippen LogP contribution in [0.5, 0.6) is 0 Å². The number of rotatable bonds is 7. The molecule has 0 unspecified atom stereocenters. The van der Waals surface area contributed by atoms with Crippen LogP contribution in [0, 0.1) is 0 Å². The predicted octanol–water partition coefficient (Wildman–Crippen LogP) is 2.71. The second-order valence-corrected chi connectivity index (χ2v) is 3.87. The van der Waals surface area contributed by atoms with E-state index < -0.39 is 18.6 Å². The molecule has 1 heterocycles. The molecular weight excluding hydrogens is 263 g/mol. The first-order valence-corrected chi connectivity index (χ1v) is 5.91. The Morgan fingerprint density at radius 1 is 1.47 bits per heavy atom. The monoisotopic (exact) mass is 279 g/mol. The second-order valence-electron chi connectivity index (χ2n) is 3.87. The average molecular weight is 279 g/mol. The van der Waals surface area contributed by atoms with Crippen molar-refractivity contribution in [1.29, 1.82) is 0 Å². The molecule has 1 amide bonds. The number of furan rings is 1. The highest BCUT2D eigenvalue weighted by atomic mass is 19.4. The predicted molar refractivity (Wildman–Crippen MR) is 61.8 cm³/mol. The van der Waals surface area contributed by atoms with Crippen LogP contribution in [0.2, 0.25) is 0 Å². The summed E-state index contributed by atoms with van der Waals surface area (Å²) in [5.74, 6) is -0.862. The van der Waals surface area contributed by atoms with Gasteiger partial charge in [-0.25, -0.2) is 0 Å². The van der Waals surface area contributed by atoms with Crippen LogP contribution in [0.3, 0.4) is 0 Å². The quantitative estimate of drug-likeness (QED) is 0.721. The Balaban J connectivity index is 2.61. The third-order valence-electron chi connectivity index (χ3n) is 2.31. The maximum absolute atomic E-state index is 12.4. The number of nitrogens with zero attached hydrogens (tertiary/aromatic N) is 1. The fraction of sp³-hybridized carbons (Fsp3) is 0.583. The molecule has 0 saturated heterocycles. The summed E-state index contributed by atoms with van der Waals surface area (Å²) >= 11 is 0. The minimum atomic E-state index is -4.44. The van der Waals surface area contributed by atoms with E-state index in [-0.39, 0.29) is 12.3 Å². The molecule has 0 radical (unpaired) electrons. The summed E-state index contributed by atoms with van der Waals surface area (Å²) in [6.07, 6.45) is -2.84. The van der Waals surface area contributed by atoms with E-state index in [1.807, 2.05) is 0 Å². The van der Waals surface area contributed by atoms with Crippen molar-refractivity contribution in [2.24, 2.45) is 0 Å². The zero-order valence-electron chi connectivity index (χ0n) is 10.6. The van der Waals surface area contributed by atoms with Gasteiger partial charge in [0.2, 0.25) is 0 Å². The number of carbonyl (C=O) groups is 1. The lowest BCUT2D eigenvalue weighted by Crippen LogP contribution is -2.39. The molecule has 0 aliphatic heterocycles. The van der Waals surface area contributed by atoms with Gasteiger partial charge in [0, 0.05) is 19.8 Å². The summed E-state index contributed by atoms with van der Waals surface area (Å²) in [5, 5.41) is 0. The molecule has 1 rings (SSSR count). The van der Waals surface area contributed by atoms with Gasteiger partial charge in [-0.2, -0.15) is 13.2 Å². The maximum atomic E-state index is 12.4. The SMILES string of the molecule is CCOCCCN(CC(F)(F)F)C(=O)c1ccco1. The van der Waals surface area contributed by atoms with E-state index in [1.54, 1.807) is 6.92 Å². The van der Waals surface area contributed by atoms with Crippen molar-refractivity contribution in [2.75, 3.05) is 26.3 Å². The Kier molecular flexibility index (Phi) is 5.88. The fourth-order valence-electron chi connectivity index (χ4n) is 1.53. The molecule has 0 bridgehead atoms. The number of alkyl halides is 3. The van der Waals surface area contributed by atoms with Crippen molar-refractivity contribution in [2.45, 2.75) is 19.5 Å². The Morgan fingerprint density at radius 3 is 2.74 bits per heavy atom. The minimum Gasteiger partial charge on any atom is -0.459 e.